The molecule has 2 amide bonds. The summed E-state index contributed by atoms with van der Waals surface area (Å²) >= 11 is 0. The fourth-order valence-electron chi connectivity index (χ4n) is 1.99. The predicted octanol–water partition coefficient (Wildman–Crippen LogP) is 1.32. The predicted molar refractivity (Wildman–Crippen MR) is 106 cm³/mol. The van der Waals surface area contributed by atoms with Crippen molar-refractivity contribution >= 4 is 22.0 Å². The van der Waals surface area contributed by atoms with E-state index in [9.17, 15) is 18.0 Å². The highest BCUT2D eigenvalue weighted by Gasteiger charge is 2.23. The Hall–Kier alpha value is -2.37. The molecule has 0 radical (unpaired) electrons. The van der Waals surface area contributed by atoms with Crippen LogP contribution in [0.15, 0.2) is 29.2 Å². The van der Waals surface area contributed by atoms with Crippen LogP contribution in [0, 0.1) is 0 Å². The quantitative estimate of drug-likeness (QED) is 0.502. The average Bonchev–Trinajstić information content (AvgIpc) is 2.59. The van der Waals surface area contributed by atoms with Crippen molar-refractivity contribution < 1.29 is 32.3 Å². The summed E-state index contributed by atoms with van der Waals surface area (Å²) in [6.07, 6.45) is -0.611. The first-order valence-electron chi connectivity index (χ1n) is 8.91. The van der Waals surface area contributed by atoms with Gasteiger partial charge in [-0.3, -0.25) is 9.63 Å². The van der Waals surface area contributed by atoms with Gasteiger partial charge in [0.25, 0.3) is 5.91 Å². The standard InChI is InChI=1S/C18H29N3O7S/c1-12(19-17(23)28-18(3,4)5)11-27-20-16(22)13(2)21-29(24,25)15-9-7-14(26-6)8-10-15/h7-10,12-13,21H,11H2,1-6H3,(H,19,23)(H,20,22)/t12?,13-/m0/s1. The van der Waals surface area contributed by atoms with E-state index in [1.54, 1.807) is 27.7 Å². The molecule has 0 spiro atoms. The summed E-state index contributed by atoms with van der Waals surface area (Å²) in [6, 6.07) is 4.20. The Morgan fingerprint density at radius 2 is 1.69 bits per heavy atom. The monoisotopic (exact) mass is 431 g/mol. The van der Waals surface area contributed by atoms with Gasteiger partial charge in [-0.15, -0.1) is 0 Å². The second-order valence-electron chi connectivity index (χ2n) is 7.34. The minimum absolute atomic E-state index is 0.00551. The Balaban J connectivity index is 2.46. The molecule has 0 heterocycles. The number of amides is 2. The molecule has 0 aliphatic carbocycles. The van der Waals surface area contributed by atoms with Gasteiger partial charge in [0.1, 0.15) is 17.4 Å². The summed E-state index contributed by atoms with van der Waals surface area (Å²) < 4.78 is 37.0. The smallest absolute Gasteiger partial charge is 0.407 e. The summed E-state index contributed by atoms with van der Waals surface area (Å²) in [5, 5.41) is 2.55. The fraction of sp³-hybridized carbons (Fsp3) is 0.556. The lowest BCUT2D eigenvalue weighted by molar-refractivity contribution is -0.135. The van der Waals surface area contributed by atoms with Crippen LogP contribution >= 0.6 is 0 Å². The SMILES string of the molecule is COc1ccc(S(=O)(=O)N[C@@H](C)C(=O)NOCC(C)NC(=O)OC(C)(C)C)cc1. The number of ether oxygens (including phenoxy) is 2. The highest BCUT2D eigenvalue weighted by atomic mass is 32.2. The third kappa shape index (κ3) is 9.11. The zero-order chi connectivity index (χ0) is 22.2. The van der Waals surface area contributed by atoms with Crippen LogP contribution in [0.1, 0.15) is 34.6 Å². The van der Waals surface area contributed by atoms with E-state index >= 15 is 0 Å². The van der Waals surface area contributed by atoms with E-state index in [1.165, 1.54) is 38.3 Å². The van der Waals surface area contributed by atoms with Gasteiger partial charge in [0.2, 0.25) is 10.0 Å². The molecule has 0 saturated carbocycles. The lowest BCUT2D eigenvalue weighted by Crippen LogP contribution is -2.46. The van der Waals surface area contributed by atoms with E-state index < -0.39 is 39.7 Å². The van der Waals surface area contributed by atoms with Crippen molar-refractivity contribution in [3.05, 3.63) is 24.3 Å². The lowest BCUT2D eigenvalue weighted by Gasteiger charge is -2.22. The van der Waals surface area contributed by atoms with Crippen LogP contribution in [-0.2, 0) is 24.4 Å². The number of alkyl carbamates (subject to hydrolysis) is 1. The number of hydroxylamine groups is 1. The molecule has 10 nitrogen and oxygen atoms in total. The minimum atomic E-state index is -3.90. The van der Waals surface area contributed by atoms with Crippen molar-refractivity contribution in [1.29, 1.82) is 0 Å². The molecule has 0 bridgehead atoms. The van der Waals surface area contributed by atoms with Gasteiger partial charge in [-0.1, -0.05) is 0 Å². The molecule has 164 valence electrons. The topological polar surface area (TPSA) is 132 Å². The minimum Gasteiger partial charge on any atom is -0.497 e. The third-order valence-corrected chi connectivity index (χ3v) is 4.92. The zero-order valence-corrected chi connectivity index (χ0v) is 18.3. The molecule has 1 aromatic rings. The van der Waals surface area contributed by atoms with Gasteiger partial charge >= 0.3 is 6.09 Å². The maximum atomic E-state index is 12.3. The number of rotatable bonds is 9. The Morgan fingerprint density at radius 3 is 2.21 bits per heavy atom. The summed E-state index contributed by atoms with van der Waals surface area (Å²) in [4.78, 5) is 28.7. The molecule has 1 aromatic carbocycles. The van der Waals surface area contributed by atoms with Crippen LogP contribution in [0.25, 0.3) is 0 Å². The molecule has 0 saturated heterocycles. The summed E-state index contributed by atoms with van der Waals surface area (Å²) in [6.45, 7) is 8.21. The average molecular weight is 432 g/mol. The molecule has 0 aliphatic rings. The molecule has 0 fully saturated rings. The van der Waals surface area contributed by atoms with E-state index in [4.69, 9.17) is 14.3 Å². The molecule has 1 unspecified atom stereocenters. The van der Waals surface area contributed by atoms with Crippen molar-refractivity contribution in [3.8, 4) is 5.75 Å². The van der Waals surface area contributed by atoms with Gasteiger partial charge in [-0.2, -0.15) is 4.72 Å². The van der Waals surface area contributed by atoms with Crippen LogP contribution in [0.2, 0.25) is 0 Å². The van der Waals surface area contributed by atoms with Crippen LogP contribution in [0.3, 0.4) is 0 Å². The van der Waals surface area contributed by atoms with Gasteiger partial charge in [-0.25, -0.2) is 18.7 Å². The maximum Gasteiger partial charge on any atom is 0.407 e. The number of methoxy groups -OCH3 is 1. The second kappa shape index (κ2) is 10.4. The van der Waals surface area contributed by atoms with Crippen LogP contribution in [0.4, 0.5) is 4.79 Å². The van der Waals surface area contributed by atoms with E-state index in [0.717, 1.165) is 0 Å². The molecule has 0 aromatic heterocycles. The fourth-order valence-corrected chi connectivity index (χ4v) is 3.19. The molecule has 1 rings (SSSR count). The highest BCUT2D eigenvalue weighted by molar-refractivity contribution is 7.89. The van der Waals surface area contributed by atoms with Crippen LogP contribution in [0.5, 0.6) is 5.75 Å². The highest BCUT2D eigenvalue weighted by Crippen LogP contribution is 2.15. The van der Waals surface area contributed by atoms with Gasteiger partial charge in [0.05, 0.1) is 24.7 Å². The summed E-state index contributed by atoms with van der Waals surface area (Å²) in [5.74, 6) is -0.177. The second-order valence-corrected chi connectivity index (χ2v) is 9.06. The van der Waals surface area contributed by atoms with Crippen molar-refractivity contribution in [3.63, 3.8) is 0 Å². The van der Waals surface area contributed by atoms with E-state index in [1.807, 2.05) is 0 Å². The molecular weight excluding hydrogens is 402 g/mol. The van der Waals surface area contributed by atoms with Gasteiger partial charge in [0.15, 0.2) is 0 Å². The summed E-state index contributed by atoms with van der Waals surface area (Å²) in [7, 11) is -2.43. The van der Waals surface area contributed by atoms with Crippen LogP contribution < -0.4 is 20.3 Å². The largest absolute Gasteiger partial charge is 0.497 e. The molecule has 11 heteroatoms. The van der Waals surface area contributed by atoms with Crippen molar-refractivity contribution in [1.82, 2.24) is 15.5 Å². The van der Waals surface area contributed by atoms with E-state index in [0.29, 0.717) is 5.75 Å². The number of benzene rings is 1. The molecular formula is C18H29N3O7S. The number of carbonyl (C=O) groups excluding carboxylic acids is 2. The zero-order valence-electron chi connectivity index (χ0n) is 17.4. The Kier molecular flexibility index (Phi) is 8.86. The molecule has 0 aliphatic heterocycles. The van der Waals surface area contributed by atoms with Crippen molar-refractivity contribution in [2.75, 3.05) is 13.7 Å². The van der Waals surface area contributed by atoms with Crippen LogP contribution in [-0.4, -0.2) is 51.8 Å². The summed E-state index contributed by atoms with van der Waals surface area (Å²) in [5.41, 5.74) is 1.52. The Labute approximate surface area is 171 Å². The van der Waals surface area contributed by atoms with Gasteiger partial charge in [0, 0.05) is 0 Å². The first kappa shape index (κ1) is 24.7. The number of hydrogen-bond acceptors (Lipinski definition) is 7. The number of nitrogens with one attached hydrogen (secondary N) is 3. The van der Waals surface area contributed by atoms with E-state index in [2.05, 4.69) is 15.5 Å². The molecule has 3 N–H and O–H groups in total. The third-order valence-electron chi connectivity index (χ3n) is 3.36. The Morgan fingerprint density at radius 1 is 1.10 bits per heavy atom. The lowest BCUT2D eigenvalue weighted by atomic mass is 10.2. The van der Waals surface area contributed by atoms with Gasteiger partial charge < -0.3 is 14.8 Å². The first-order valence-corrected chi connectivity index (χ1v) is 10.4. The molecule has 2 atom stereocenters. The molecule has 29 heavy (non-hydrogen) atoms. The number of carbonyl (C=O) groups is 2. The first-order chi connectivity index (χ1) is 13.3. The maximum absolute atomic E-state index is 12.3. The van der Waals surface area contributed by atoms with E-state index in [-0.39, 0.29) is 11.5 Å². The number of sulfonamides is 1. The normalized spacial score (nSPS) is 13.9. The van der Waals surface area contributed by atoms with Crippen molar-refractivity contribution in [2.45, 2.75) is 57.2 Å². The Bertz CT molecular complexity index is 789. The number of hydrogen-bond donors (Lipinski definition) is 3. The van der Waals surface area contributed by atoms with Gasteiger partial charge in [-0.05, 0) is 58.9 Å². The van der Waals surface area contributed by atoms with Crippen molar-refractivity contribution in [2.24, 2.45) is 0 Å².